The summed E-state index contributed by atoms with van der Waals surface area (Å²) in [6, 6.07) is 17.2. The number of fused-ring (bicyclic) bond motifs is 3. The first kappa shape index (κ1) is 20.7. The summed E-state index contributed by atoms with van der Waals surface area (Å²) in [5.41, 5.74) is 4.80. The molecule has 1 atom stereocenters. The number of benzene rings is 3. The maximum absolute atomic E-state index is 14.3. The van der Waals surface area contributed by atoms with Crippen LogP contribution in [0.15, 0.2) is 82.4 Å². The lowest BCUT2D eigenvalue weighted by atomic mass is 9.87. The van der Waals surface area contributed by atoms with Gasteiger partial charge in [0.25, 0.3) is 10.0 Å². The number of hydrogen-bond acceptors (Lipinski definition) is 4. The number of hydrogen-bond donors (Lipinski definition) is 1. The summed E-state index contributed by atoms with van der Waals surface area (Å²) in [5.74, 6) is -0.413. The van der Waals surface area contributed by atoms with Crippen LogP contribution in [-0.2, 0) is 10.0 Å². The molecule has 5 rings (SSSR count). The molecule has 0 amide bonds. The Hall–Kier alpha value is -3.16. The Kier molecular flexibility index (Phi) is 5.03. The predicted octanol–water partition coefficient (Wildman–Crippen LogP) is 6.59. The summed E-state index contributed by atoms with van der Waals surface area (Å²) in [5, 5.41) is 13.7. The quantitative estimate of drug-likeness (QED) is 0.370. The summed E-state index contributed by atoms with van der Waals surface area (Å²) in [4.78, 5) is 0.0708. The molecule has 1 aliphatic heterocycles. The van der Waals surface area contributed by atoms with Crippen molar-refractivity contribution < 1.29 is 17.9 Å². The van der Waals surface area contributed by atoms with E-state index in [4.69, 9.17) is 0 Å². The lowest BCUT2D eigenvalue weighted by molar-refractivity contribution is 0.474. The van der Waals surface area contributed by atoms with Gasteiger partial charge in [-0.2, -0.15) is 11.3 Å². The van der Waals surface area contributed by atoms with Crippen molar-refractivity contribution in [1.82, 2.24) is 0 Å². The third-order valence-electron chi connectivity index (χ3n) is 5.81. The first-order valence-corrected chi connectivity index (χ1v) is 12.6. The number of halogens is 1. The average Bonchev–Trinajstić information content (AvgIpc) is 3.33. The van der Waals surface area contributed by atoms with E-state index in [1.54, 1.807) is 17.4 Å². The molecule has 1 unspecified atom stereocenters. The monoisotopic (exact) mass is 465 g/mol. The summed E-state index contributed by atoms with van der Waals surface area (Å²) in [6.07, 6.45) is 0.472. The van der Waals surface area contributed by atoms with Gasteiger partial charge in [0, 0.05) is 5.56 Å². The first-order valence-electron chi connectivity index (χ1n) is 10.2. The van der Waals surface area contributed by atoms with E-state index in [0.29, 0.717) is 17.7 Å². The number of anilines is 1. The molecule has 7 heteroatoms. The normalized spacial score (nSPS) is 15.3. The van der Waals surface area contributed by atoms with Gasteiger partial charge in [-0.3, -0.25) is 4.31 Å². The van der Waals surface area contributed by atoms with E-state index >= 15 is 0 Å². The predicted molar refractivity (Wildman–Crippen MR) is 126 cm³/mol. The molecule has 2 heterocycles. The van der Waals surface area contributed by atoms with Crippen molar-refractivity contribution >= 4 is 27.0 Å². The van der Waals surface area contributed by atoms with Crippen LogP contribution in [0.25, 0.3) is 22.3 Å². The minimum absolute atomic E-state index is 0.0112. The maximum Gasteiger partial charge on any atom is 0.264 e. The van der Waals surface area contributed by atoms with Gasteiger partial charge in [-0.1, -0.05) is 19.1 Å². The molecular formula is C25H20FNO3S2. The lowest BCUT2D eigenvalue weighted by Crippen LogP contribution is -2.37. The molecule has 0 radical (unpaired) electrons. The maximum atomic E-state index is 14.3. The molecule has 0 saturated heterocycles. The highest BCUT2D eigenvalue weighted by atomic mass is 32.2. The largest absolute Gasteiger partial charge is 0.508 e. The van der Waals surface area contributed by atoms with E-state index in [-0.39, 0.29) is 10.6 Å². The van der Waals surface area contributed by atoms with Crippen molar-refractivity contribution in [3.05, 3.63) is 88.9 Å². The zero-order chi connectivity index (χ0) is 22.5. The number of phenols is 1. The number of rotatable bonds is 4. The summed E-state index contributed by atoms with van der Waals surface area (Å²) in [7, 11) is -3.97. The van der Waals surface area contributed by atoms with Gasteiger partial charge in [0.15, 0.2) is 0 Å². The lowest BCUT2D eigenvalue weighted by Gasteiger charge is -2.39. The Morgan fingerprint density at radius 2 is 1.75 bits per heavy atom. The molecule has 0 spiro atoms. The minimum Gasteiger partial charge on any atom is -0.508 e. The zero-order valence-corrected chi connectivity index (χ0v) is 18.8. The van der Waals surface area contributed by atoms with E-state index < -0.39 is 21.9 Å². The van der Waals surface area contributed by atoms with Gasteiger partial charge in [-0.15, -0.1) is 0 Å². The van der Waals surface area contributed by atoms with Gasteiger partial charge in [0.05, 0.1) is 16.6 Å². The topological polar surface area (TPSA) is 57.6 Å². The molecule has 0 aliphatic carbocycles. The SMILES string of the molecule is CCC1c2cc(F)ccc2-c2cc(-c3ccsc3)ccc2N1S(=O)(=O)c1ccc(O)cc1. The van der Waals surface area contributed by atoms with Gasteiger partial charge in [-0.05, 0) is 94.0 Å². The van der Waals surface area contributed by atoms with Crippen LogP contribution in [0, 0.1) is 5.82 Å². The molecule has 4 nitrogen and oxygen atoms in total. The molecule has 32 heavy (non-hydrogen) atoms. The second-order valence-electron chi connectivity index (χ2n) is 7.69. The Balaban J connectivity index is 1.77. The van der Waals surface area contributed by atoms with Crippen molar-refractivity contribution in [2.75, 3.05) is 4.31 Å². The molecule has 0 fully saturated rings. The van der Waals surface area contributed by atoms with E-state index in [0.717, 1.165) is 22.3 Å². The summed E-state index contributed by atoms with van der Waals surface area (Å²) >= 11 is 1.59. The van der Waals surface area contributed by atoms with E-state index in [2.05, 4.69) is 0 Å². The van der Waals surface area contributed by atoms with Crippen molar-refractivity contribution in [3.8, 4) is 28.0 Å². The Labute approximate surface area is 190 Å². The summed E-state index contributed by atoms with van der Waals surface area (Å²) < 4.78 is 43.3. The van der Waals surface area contributed by atoms with Crippen molar-refractivity contribution in [1.29, 1.82) is 0 Å². The van der Waals surface area contributed by atoms with Gasteiger partial charge < -0.3 is 5.11 Å². The van der Waals surface area contributed by atoms with Crippen LogP contribution in [0.5, 0.6) is 5.75 Å². The molecule has 0 bridgehead atoms. The number of sulfonamides is 1. The van der Waals surface area contributed by atoms with Crippen LogP contribution >= 0.6 is 11.3 Å². The van der Waals surface area contributed by atoms with E-state index in [1.807, 2.05) is 41.9 Å². The van der Waals surface area contributed by atoms with Crippen LogP contribution in [0.3, 0.4) is 0 Å². The Morgan fingerprint density at radius 1 is 0.969 bits per heavy atom. The molecule has 3 aromatic carbocycles. The van der Waals surface area contributed by atoms with Crippen LogP contribution in [-0.4, -0.2) is 13.5 Å². The van der Waals surface area contributed by atoms with E-state index in [1.165, 1.54) is 40.7 Å². The second kappa shape index (κ2) is 7.76. The van der Waals surface area contributed by atoms with Gasteiger partial charge in [0.1, 0.15) is 11.6 Å². The van der Waals surface area contributed by atoms with Crippen molar-refractivity contribution in [2.24, 2.45) is 0 Å². The van der Waals surface area contributed by atoms with Crippen LogP contribution in [0.2, 0.25) is 0 Å². The number of thiophene rings is 1. The molecule has 4 aromatic rings. The number of phenolic OH excluding ortho intramolecular Hbond substituents is 1. The zero-order valence-electron chi connectivity index (χ0n) is 17.2. The number of aromatic hydroxyl groups is 1. The smallest absolute Gasteiger partial charge is 0.264 e. The van der Waals surface area contributed by atoms with Crippen molar-refractivity contribution in [2.45, 2.75) is 24.3 Å². The fourth-order valence-electron chi connectivity index (χ4n) is 4.32. The van der Waals surface area contributed by atoms with E-state index in [9.17, 15) is 17.9 Å². The molecular weight excluding hydrogens is 445 g/mol. The first-order chi connectivity index (χ1) is 15.4. The van der Waals surface area contributed by atoms with Crippen molar-refractivity contribution in [3.63, 3.8) is 0 Å². The second-order valence-corrected chi connectivity index (χ2v) is 10.3. The minimum atomic E-state index is -3.97. The highest BCUT2D eigenvalue weighted by Gasteiger charge is 2.38. The highest BCUT2D eigenvalue weighted by Crippen LogP contribution is 2.49. The molecule has 0 saturated carbocycles. The standard InChI is InChI=1S/C25H20FNO3S2/c1-2-24-23-14-18(26)4-9-21(23)22-13-16(17-11-12-31-15-17)3-10-25(22)27(24)32(29,30)20-7-5-19(28)6-8-20/h3-15,24,28H,2H2,1H3. The molecule has 1 aromatic heterocycles. The third-order valence-corrected chi connectivity index (χ3v) is 8.33. The molecule has 1 aliphatic rings. The molecule has 162 valence electrons. The van der Waals surface area contributed by atoms with Crippen LogP contribution in [0.1, 0.15) is 24.9 Å². The number of nitrogens with zero attached hydrogens (tertiary/aromatic N) is 1. The summed E-state index contributed by atoms with van der Waals surface area (Å²) in [6.45, 7) is 1.89. The van der Waals surface area contributed by atoms with Gasteiger partial charge in [0.2, 0.25) is 0 Å². The fourth-order valence-corrected chi connectivity index (χ4v) is 6.70. The Morgan fingerprint density at radius 3 is 2.44 bits per heavy atom. The third kappa shape index (κ3) is 3.29. The average molecular weight is 466 g/mol. The van der Waals surface area contributed by atoms with Crippen LogP contribution in [0.4, 0.5) is 10.1 Å². The highest BCUT2D eigenvalue weighted by molar-refractivity contribution is 7.92. The molecule has 1 N–H and O–H groups in total. The fraction of sp³-hybridized carbons (Fsp3) is 0.120. The Bertz CT molecular complexity index is 1400. The van der Waals surface area contributed by atoms with Gasteiger partial charge >= 0.3 is 0 Å². The van der Waals surface area contributed by atoms with Crippen LogP contribution < -0.4 is 4.31 Å². The van der Waals surface area contributed by atoms with Gasteiger partial charge in [-0.25, -0.2) is 12.8 Å².